The fourth-order valence-electron chi connectivity index (χ4n) is 1.94. The molecule has 0 amide bonds. The highest BCUT2D eigenvalue weighted by Crippen LogP contribution is 2.44. The Morgan fingerprint density at radius 1 is 1.21 bits per heavy atom. The van der Waals surface area contributed by atoms with Crippen LogP contribution in [0.15, 0.2) is 30.3 Å². The smallest absolute Gasteiger partial charge is 0.152 e. The molecule has 76 valence electrons. The van der Waals surface area contributed by atoms with Gasteiger partial charge in [0.1, 0.15) is 0 Å². The quantitative estimate of drug-likeness (QED) is 0.776. The average molecular weight is 211 g/mol. The van der Waals surface area contributed by atoms with Gasteiger partial charge >= 0.3 is 0 Å². The molecule has 3 nitrogen and oxygen atoms in total. The third-order valence-corrected chi connectivity index (χ3v) is 4.28. The second kappa shape index (κ2) is 3.07. The van der Waals surface area contributed by atoms with Gasteiger partial charge < -0.3 is 5.73 Å². The summed E-state index contributed by atoms with van der Waals surface area (Å²) in [6, 6.07) is 9.34. The van der Waals surface area contributed by atoms with Crippen LogP contribution in [0.5, 0.6) is 0 Å². The highest BCUT2D eigenvalue weighted by atomic mass is 32.2. The summed E-state index contributed by atoms with van der Waals surface area (Å²) in [4.78, 5) is 0. The first-order valence-electron chi connectivity index (χ1n) is 4.51. The maximum absolute atomic E-state index is 11.3. The standard InChI is InChI=1S/C10H13NO2S/c1-14(12,13)10-8(9(10)11)7-5-3-2-4-6-7/h2-6,8-10H,11H2,1H3/t8-,9-,10+/m0/s1. The molecular formula is C10H13NO2S. The summed E-state index contributed by atoms with van der Waals surface area (Å²) in [5, 5.41) is -0.384. The van der Waals surface area contributed by atoms with Crippen LogP contribution in [0.1, 0.15) is 11.5 Å². The molecule has 0 unspecified atom stereocenters. The second-order valence-corrected chi connectivity index (χ2v) is 6.01. The van der Waals surface area contributed by atoms with Gasteiger partial charge in [0.15, 0.2) is 9.84 Å². The molecular weight excluding hydrogens is 198 g/mol. The maximum atomic E-state index is 11.3. The van der Waals surface area contributed by atoms with E-state index < -0.39 is 9.84 Å². The van der Waals surface area contributed by atoms with Gasteiger partial charge in [0.2, 0.25) is 0 Å². The van der Waals surface area contributed by atoms with E-state index in [4.69, 9.17) is 5.73 Å². The van der Waals surface area contributed by atoms with Crippen molar-refractivity contribution < 1.29 is 8.42 Å². The van der Waals surface area contributed by atoms with Gasteiger partial charge in [-0.15, -0.1) is 0 Å². The molecule has 0 saturated heterocycles. The van der Waals surface area contributed by atoms with E-state index in [1.165, 1.54) is 6.26 Å². The van der Waals surface area contributed by atoms with Gasteiger partial charge in [0, 0.05) is 18.2 Å². The van der Waals surface area contributed by atoms with Gasteiger partial charge in [-0.05, 0) is 5.56 Å². The van der Waals surface area contributed by atoms with E-state index in [-0.39, 0.29) is 17.2 Å². The van der Waals surface area contributed by atoms with Crippen molar-refractivity contribution in [3.05, 3.63) is 35.9 Å². The second-order valence-electron chi connectivity index (χ2n) is 3.81. The predicted molar refractivity (Wildman–Crippen MR) is 55.8 cm³/mol. The lowest BCUT2D eigenvalue weighted by Crippen LogP contribution is -2.13. The monoisotopic (exact) mass is 211 g/mol. The molecule has 0 heterocycles. The van der Waals surface area contributed by atoms with Crippen LogP contribution in [0, 0.1) is 0 Å². The number of rotatable bonds is 2. The topological polar surface area (TPSA) is 60.2 Å². The van der Waals surface area contributed by atoms with Crippen LogP contribution in [-0.2, 0) is 9.84 Å². The summed E-state index contributed by atoms with van der Waals surface area (Å²) in [6.07, 6.45) is 1.25. The van der Waals surface area contributed by atoms with Gasteiger partial charge in [0.25, 0.3) is 0 Å². The normalized spacial score (nSPS) is 31.4. The highest BCUT2D eigenvalue weighted by molar-refractivity contribution is 7.91. The van der Waals surface area contributed by atoms with Gasteiger partial charge in [-0.2, -0.15) is 0 Å². The number of sulfone groups is 1. The van der Waals surface area contributed by atoms with E-state index >= 15 is 0 Å². The van der Waals surface area contributed by atoms with Crippen LogP contribution in [0.25, 0.3) is 0 Å². The van der Waals surface area contributed by atoms with Crippen molar-refractivity contribution in [2.45, 2.75) is 17.2 Å². The van der Waals surface area contributed by atoms with Gasteiger partial charge in [-0.25, -0.2) is 8.42 Å². The van der Waals surface area contributed by atoms with E-state index in [0.29, 0.717) is 0 Å². The molecule has 0 spiro atoms. The Morgan fingerprint density at radius 3 is 2.21 bits per heavy atom. The van der Waals surface area contributed by atoms with Crippen molar-refractivity contribution in [1.82, 2.24) is 0 Å². The largest absolute Gasteiger partial charge is 0.326 e. The Kier molecular flexibility index (Phi) is 2.12. The van der Waals surface area contributed by atoms with Crippen molar-refractivity contribution >= 4 is 9.84 Å². The number of nitrogens with two attached hydrogens (primary N) is 1. The molecule has 0 bridgehead atoms. The Labute approximate surface area is 83.9 Å². The minimum Gasteiger partial charge on any atom is -0.326 e. The van der Waals surface area contributed by atoms with Crippen LogP contribution in [-0.4, -0.2) is 26.0 Å². The number of hydrogen-bond acceptors (Lipinski definition) is 3. The van der Waals surface area contributed by atoms with Crippen LogP contribution < -0.4 is 5.73 Å². The highest BCUT2D eigenvalue weighted by Gasteiger charge is 2.54. The predicted octanol–water partition coefficient (Wildman–Crippen LogP) is 0.524. The Bertz CT molecular complexity index is 427. The van der Waals surface area contributed by atoms with E-state index in [2.05, 4.69) is 0 Å². The summed E-state index contributed by atoms with van der Waals surface area (Å²) < 4.78 is 22.6. The SMILES string of the molecule is CS(=O)(=O)[C@H]1[C@@H](N)[C@@H]1c1ccccc1. The first kappa shape index (κ1) is 9.68. The molecule has 0 radical (unpaired) electrons. The van der Waals surface area contributed by atoms with Crippen molar-refractivity contribution in [2.75, 3.05) is 6.26 Å². The molecule has 1 aromatic carbocycles. The Hall–Kier alpha value is -0.870. The first-order valence-corrected chi connectivity index (χ1v) is 6.46. The maximum Gasteiger partial charge on any atom is 0.152 e. The summed E-state index contributed by atoms with van der Waals surface area (Å²) in [5.41, 5.74) is 6.77. The fraction of sp³-hybridized carbons (Fsp3) is 0.400. The molecule has 4 heteroatoms. The number of hydrogen-bond donors (Lipinski definition) is 1. The molecule has 1 aliphatic carbocycles. The Balaban J connectivity index is 2.26. The van der Waals surface area contributed by atoms with Crippen LogP contribution in [0.4, 0.5) is 0 Å². The molecule has 0 aromatic heterocycles. The van der Waals surface area contributed by atoms with E-state index in [1.807, 2.05) is 30.3 Å². The molecule has 2 rings (SSSR count). The zero-order valence-corrected chi connectivity index (χ0v) is 8.74. The van der Waals surface area contributed by atoms with Crippen molar-refractivity contribution in [2.24, 2.45) is 5.73 Å². The zero-order chi connectivity index (χ0) is 10.3. The molecule has 1 saturated carbocycles. The molecule has 14 heavy (non-hydrogen) atoms. The summed E-state index contributed by atoms with van der Waals surface area (Å²) in [5.74, 6) is -0.00815. The molecule has 0 aliphatic heterocycles. The molecule has 2 N–H and O–H groups in total. The third-order valence-electron chi connectivity index (χ3n) is 2.69. The van der Waals surface area contributed by atoms with Gasteiger partial charge in [-0.3, -0.25) is 0 Å². The summed E-state index contributed by atoms with van der Waals surface area (Å²) in [6.45, 7) is 0. The minimum absolute atomic E-state index is 0.00815. The van der Waals surface area contributed by atoms with E-state index in [0.717, 1.165) is 5.56 Å². The molecule has 1 aliphatic rings. The lowest BCUT2D eigenvalue weighted by atomic mass is 10.1. The molecule has 3 atom stereocenters. The van der Waals surface area contributed by atoms with Crippen LogP contribution in [0.2, 0.25) is 0 Å². The zero-order valence-electron chi connectivity index (χ0n) is 7.92. The number of benzene rings is 1. The minimum atomic E-state index is -3.00. The first-order chi connectivity index (χ1) is 6.52. The van der Waals surface area contributed by atoms with Gasteiger partial charge in [0.05, 0.1) is 5.25 Å². The van der Waals surface area contributed by atoms with Crippen molar-refractivity contribution in [3.8, 4) is 0 Å². The average Bonchev–Trinajstić information content (AvgIpc) is 2.78. The Morgan fingerprint density at radius 2 is 1.79 bits per heavy atom. The van der Waals surface area contributed by atoms with E-state index in [1.54, 1.807) is 0 Å². The van der Waals surface area contributed by atoms with Gasteiger partial charge in [-0.1, -0.05) is 30.3 Å². The van der Waals surface area contributed by atoms with Crippen molar-refractivity contribution in [1.29, 1.82) is 0 Å². The molecule has 1 aromatic rings. The summed E-state index contributed by atoms with van der Waals surface area (Å²) in [7, 11) is -3.00. The lowest BCUT2D eigenvalue weighted by molar-refractivity contribution is 0.599. The lowest BCUT2D eigenvalue weighted by Gasteiger charge is -1.97. The molecule has 1 fully saturated rings. The summed E-state index contributed by atoms with van der Waals surface area (Å²) >= 11 is 0. The van der Waals surface area contributed by atoms with Crippen molar-refractivity contribution in [3.63, 3.8) is 0 Å². The third kappa shape index (κ3) is 1.55. The fourth-order valence-corrected chi connectivity index (χ4v) is 3.46. The van der Waals surface area contributed by atoms with Crippen LogP contribution >= 0.6 is 0 Å². The van der Waals surface area contributed by atoms with Crippen LogP contribution in [0.3, 0.4) is 0 Å². The van der Waals surface area contributed by atoms with E-state index in [9.17, 15) is 8.42 Å².